The van der Waals surface area contributed by atoms with Crippen LogP contribution in [0.4, 0.5) is 0 Å². The van der Waals surface area contributed by atoms with Crippen molar-refractivity contribution in [2.24, 2.45) is 0 Å². The Morgan fingerprint density at radius 3 is 2.31 bits per heavy atom. The van der Waals surface area contributed by atoms with E-state index >= 15 is 0 Å². The van der Waals surface area contributed by atoms with E-state index in [2.05, 4.69) is 13.8 Å². The van der Waals surface area contributed by atoms with Gasteiger partial charge in [0, 0.05) is 16.6 Å². The van der Waals surface area contributed by atoms with Crippen LogP contribution in [0.1, 0.15) is 30.9 Å². The van der Waals surface area contributed by atoms with E-state index in [1.54, 1.807) is 0 Å². The van der Waals surface area contributed by atoms with Crippen LogP contribution in [-0.4, -0.2) is 21.0 Å². The molecule has 1 aromatic rings. The van der Waals surface area contributed by atoms with Gasteiger partial charge in [0.25, 0.3) is 0 Å². The molecule has 0 radical (unpaired) electrons. The van der Waals surface area contributed by atoms with E-state index in [4.69, 9.17) is 5.11 Å². The highest BCUT2D eigenvalue weighted by atomic mass is 32.2. The Morgan fingerprint density at radius 2 is 1.88 bits per heavy atom. The van der Waals surface area contributed by atoms with Crippen LogP contribution in [0.5, 0.6) is 0 Å². The lowest BCUT2D eigenvalue weighted by molar-refractivity contribution is -0.133. The Balaban J connectivity index is 2.62. The van der Waals surface area contributed by atoms with Crippen LogP contribution in [0, 0.1) is 0 Å². The molecule has 1 N–H and O–H groups in total. The lowest BCUT2D eigenvalue weighted by Crippen LogP contribution is -2.10. The molecule has 1 atom stereocenters. The summed E-state index contributed by atoms with van der Waals surface area (Å²) in [4.78, 5) is 10.4. The monoisotopic (exact) mass is 240 g/mol. The molecule has 0 fully saturated rings. The Bertz CT molecular complexity index is 382. The Kier molecular flexibility index (Phi) is 4.68. The van der Waals surface area contributed by atoms with Gasteiger partial charge in [-0.2, -0.15) is 0 Å². The Labute approximate surface area is 98.0 Å². The van der Waals surface area contributed by atoms with Gasteiger partial charge < -0.3 is 5.11 Å². The van der Waals surface area contributed by atoms with Crippen LogP contribution in [-0.2, 0) is 21.3 Å². The molecule has 3 nitrogen and oxygen atoms in total. The molecule has 0 aromatic heterocycles. The van der Waals surface area contributed by atoms with E-state index in [-0.39, 0.29) is 5.75 Å². The summed E-state index contributed by atoms with van der Waals surface area (Å²) in [5, 5.41) is 8.49. The van der Waals surface area contributed by atoms with Crippen LogP contribution in [0.3, 0.4) is 0 Å². The summed E-state index contributed by atoms with van der Waals surface area (Å²) in [6.07, 6.45) is 0. The second kappa shape index (κ2) is 5.80. The molecule has 0 aliphatic carbocycles. The molecule has 1 aromatic carbocycles. The summed E-state index contributed by atoms with van der Waals surface area (Å²) < 4.78 is 11.4. The number of carboxylic acid groups (broad SMARTS) is 1. The maximum absolute atomic E-state index is 11.4. The lowest BCUT2D eigenvalue weighted by Gasteiger charge is -2.06. The highest BCUT2D eigenvalue weighted by molar-refractivity contribution is 7.84. The standard InChI is InChI=1S/C12H16O3S/c1-9(2)11-5-3-10(4-6-11)7-16(15)8-12(13)14/h3-6,9H,7-8H2,1-2H3,(H,13,14). The van der Waals surface area contributed by atoms with Crippen molar-refractivity contribution in [1.82, 2.24) is 0 Å². The number of hydrogen-bond acceptors (Lipinski definition) is 2. The molecular weight excluding hydrogens is 224 g/mol. The van der Waals surface area contributed by atoms with Crippen molar-refractivity contribution in [3.8, 4) is 0 Å². The first-order valence-corrected chi connectivity index (χ1v) is 6.63. The van der Waals surface area contributed by atoms with Crippen molar-refractivity contribution >= 4 is 16.8 Å². The molecule has 0 amide bonds. The van der Waals surface area contributed by atoms with E-state index < -0.39 is 16.8 Å². The third-order valence-electron chi connectivity index (χ3n) is 2.26. The lowest BCUT2D eigenvalue weighted by atomic mass is 10.0. The second-order valence-electron chi connectivity index (χ2n) is 4.02. The van der Waals surface area contributed by atoms with Gasteiger partial charge in [0.15, 0.2) is 0 Å². The first-order valence-electron chi connectivity index (χ1n) is 5.14. The minimum atomic E-state index is -1.32. The van der Waals surface area contributed by atoms with Crippen molar-refractivity contribution in [3.05, 3.63) is 35.4 Å². The van der Waals surface area contributed by atoms with Crippen LogP contribution in [0.15, 0.2) is 24.3 Å². The van der Waals surface area contributed by atoms with Gasteiger partial charge in [0.1, 0.15) is 5.75 Å². The second-order valence-corrected chi connectivity index (χ2v) is 5.48. The first-order chi connectivity index (χ1) is 7.49. The molecule has 0 saturated heterocycles. The van der Waals surface area contributed by atoms with E-state index in [0.29, 0.717) is 11.7 Å². The van der Waals surface area contributed by atoms with Gasteiger partial charge in [0.05, 0.1) is 0 Å². The van der Waals surface area contributed by atoms with Gasteiger partial charge in [-0.3, -0.25) is 9.00 Å². The summed E-state index contributed by atoms with van der Waals surface area (Å²) in [5.41, 5.74) is 2.15. The zero-order valence-electron chi connectivity index (χ0n) is 9.47. The van der Waals surface area contributed by atoms with Gasteiger partial charge in [0.2, 0.25) is 0 Å². The summed E-state index contributed by atoms with van der Waals surface area (Å²) >= 11 is 0. The fourth-order valence-corrected chi connectivity index (χ4v) is 2.32. The molecule has 4 heteroatoms. The molecule has 88 valence electrons. The SMILES string of the molecule is CC(C)c1ccc(CS(=O)CC(=O)O)cc1. The molecule has 1 unspecified atom stereocenters. The van der Waals surface area contributed by atoms with Gasteiger partial charge >= 0.3 is 5.97 Å². The van der Waals surface area contributed by atoms with E-state index in [0.717, 1.165) is 5.56 Å². The number of hydrogen-bond donors (Lipinski definition) is 1. The molecule has 0 bridgehead atoms. The van der Waals surface area contributed by atoms with Crippen LogP contribution < -0.4 is 0 Å². The van der Waals surface area contributed by atoms with E-state index in [9.17, 15) is 9.00 Å². The number of benzene rings is 1. The van der Waals surface area contributed by atoms with Crippen molar-refractivity contribution in [2.75, 3.05) is 5.75 Å². The number of carbonyl (C=O) groups is 1. The van der Waals surface area contributed by atoms with Gasteiger partial charge in [-0.15, -0.1) is 0 Å². The zero-order chi connectivity index (χ0) is 12.1. The molecule has 16 heavy (non-hydrogen) atoms. The summed E-state index contributed by atoms with van der Waals surface area (Å²) in [6, 6.07) is 7.82. The fourth-order valence-electron chi connectivity index (χ4n) is 1.37. The first kappa shape index (κ1) is 12.9. The largest absolute Gasteiger partial charge is 0.481 e. The van der Waals surface area contributed by atoms with E-state index in [1.807, 2.05) is 24.3 Å². The molecule has 0 aliphatic rings. The number of carboxylic acids is 1. The molecule has 0 aliphatic heterocycles. The minimum Gasteiger partial charge on any atom is -0.481 e. The average molecular weight is 240 g/mol. The van der Waals surface area contributed by atoms with Crippen LogP contribution in [0.2, 0.25) is 0 Å². The van der Waals surface area contributed by atoms with E-state index in [1.165, 1.54) is 5.56 Å². The maximum Gasteiger partial charge on any atom is 0.316 e. The Morgan fingerprint density at radius 1 is 1.31 bits per heavy atom. The van der Waals surface area contributed by atoms with Crippen LogP contribution in [0.25, 0.3) is 0 Å². The molecule has 1 rings (SSSR count). The van der Waals surface area contributed by atoms with Crippen molar-refractivity contribution in [1.29, 1.82) is 0 Å². The summed E-state index contributed by atoms with van der Waals surface area (Å²) in [6.45, 7) is 4.22. The molecule has 0 heterocycles. The van der Waals surface area contributed by atoms with Gasteiger partial charge in [-0.05, 0) is 17.0 Å². The smallest absolute Gasteiger partial charge is 0.316 e. The summed E-state index contributed by atoms with van der Waals surface area (Å²) in [7, 11) is -1.32. The fraction of sp³-hybridized carbons (Fsp3) is 0.417. The van der Waals surface area contributed by atoms with Crippen molar-refractivity contribution in [2.45, 2.75) is 25.5 Å². The molecular formula is C12H16O3S. The predicted molar refractivity (Wildman–Crippen MR) is 64.9 cm³/mol. The van der Waals surface area contributed by atoms with Crippen molar-refractivity contribution < 1.29 is 14.1 Å². The third kappa shape index (κ3) is 4.14. The average Bonchev–Trinajstić information content (AvgIpc) is 2.16. The normalized spacial score (nSPS) is 12.7. The number of rotatable bonds is 5. The number of aliphatic carboxylic acids is 1. The molecule has 0 spiro atoms. The minimum absolute atomic E-state index is 0.286. The zero-order valence-corrected chi connectivity index (χ0v) is 10.3. The van der Waals surface area contributed by atoms with Gasteiger partial charge in [-0.25, -0.2) is 0 Å². The molecule has 0 saturated carbocycles. The maximum atomic E-state index is 11.4. The van der Waals surface area contributed by atoms with Crippen molar-refractivity contribution in [3.63, 3.8) is 0 Å². The van der Waals surface area contributed by atoms with Gasteiger partial charge in [-0.1, -0.05) is 38.1 Å². The third-order valence-corrected chi connectivity index (χ3v) is 3.48. The quantitative estimate of drug-likeness (QED) is 0.858. The Hall–Kier alpha value is -1.16. The summed E-state index contributed by atoms with van der Waals surface area (Å²) in [5.74, 6) is -0.521. The predicted octanol–water partition coefficient (Wildman–Crippen LogP) is 2.14. The highest BCUT2D eigenvalue weighted by Gasteiger charge is 2.07. The highest BCUT2D eigenvalue weighted by Crippen LogP contribution is 2.15. The topological polar surface area (TPSA) is 54.4 Å². The van der Waals surface area contributed by atoms with Crippen LogP contribution >= 0.6 is 0 Å².